The number of nitrogens with zero attached hydrogens (tertiary/aromatic N) is 2. The van der Waals surface area contributed by atoms with Gasteiger partial charge >= 0.3 is 0 Å². The number of carbonyl (C=O) groups excluding carboxylic acids is 1. The summed E-state index contributed by atoms with van der Waals surface area (Å²) in [5.41, 5.74) is 3.96. The lowest BCUT2D eigenvalue weighted by atomic mass is 9.85. The Balaban J connectivity index is 1.71. The molecular weight excluding hydrogens is 450 g/mol. The second-order valence-corrected chi connectivity index (χ2v) is 9.88. The second-order valence-electron chi connectivity index (χ2n) is 9.47. The van der Waals surface area contributed by atoms with Crippen molar-refractivity contribution in [1.29, 1.82) is 0 Å². The topological polar surface area (TPSA) is 74.7 Å². The molecule has 0 aliphatic heterocycles. The SMILES string of the molecule is COc1cc(-c2ccc3ncc(C(C)=O)c(N[C@H]4CC[C@H](CN(C)C)CC4)c3c2)cc(Cl)c1O. The summed E-state index contributed by atoms with van der Waals surface area (Å²) >= 11 is 6.23. The first-order chi connectivity index (χ1) is 16.3. The molecule has 1 saturated carbocycles. The van der Waals surface area contributed by atoms with Crippen molar-refractivity contribution in [2.45, 2.75) is 38.6 Å². The van der Waals surface area contributed by atoms with Gasteiger partial charge in [-0.2, -0.15) is 0 Å². The summed E-state index contributed by atoms with van der Waals surface area (Å²) < 4.78 is 5.28. The number of hydrogen-bond acceptors (Lipinski definition) is 6. The van der Waals surface area contributed by atoms with Crippen molar-refractivity contribution in [2.24, 2.45) is 5.92 Å². The molecule has 2 N–H and O–H groups in total. The molecule has 0 spiro atoms. The van der Waals surface area contributed by atoms with Crippen molar-refractivity contribution in [1.82, 2.24) is 9.88 Å². The minimum Gasteiger partial charge on any atom is -0.503 e. The molecule has 0 amide bonds. The first-order valence-corrected chi connectivity index (χ1v) is 12.1. The lowest BCUT2D eigenvalue weighted by molar-refractivity contribution is 0.101. The van der Waals surface area contributed by atoms with Crippen LogP contribution in [0.1, 0.15) is 43.0 Å². The number of aromatic hydroxyl groups is 1. The number of carbonyl (C=O) groups is 1. The fraction of sp³-hybridized carbons (Fsp3) is 0.407. The highest BCUT2D eigenvalue weighted by Crippen LogP contribution is 2.40. The fourth-order valence-electron chi connectivity index (χ4n) is 4.90. The number of rotatable bonds is 7. The molecule has 7 heteroatoms. The number of nitrogens with one attached hydrogen (secondary N) is 1. The summed E-state index contributed by atoms with van der Waals surface area (Å²) in [6.07, 6.45) is 6.16. The Bertz CT molecular complexity index is 1200. The molecule has 1 heterocycles. The third-order valence-electron chi connectivity index (χ3n) is 6.65. The van der Waals surface area contributed by atoms with Crippen LogP contribution in [-0.2, 0) is 0 Å². The zero-order valence-corrected chi connectivity index (χ0v) is 20.9. The van der Waals surface area contributed by atoms with E-state index in [1.165, 1.54) is 20.0 Å². The van der Waals surface area contributed by atoms with Gasteiger partial charge in [-0.25, -0.2) is 0 Å². The van der Waals surface area contributed by atoms with Crippen molar-refractivity contribution >= 4 is 34.0 Å². The van der Waals surface area contributed by atoms with Gasteiger partial charge in [-0.3, -0.25) is 9.78 Å². The molecule has 0 unspecified atom stereocenters. The third kappa shape index (κ3) is 5.13. The molecule has 6 nitrogen and oxygen atoms in total. The Morgan fingerprint density at radius 1 is 1.18 bits per heavy atom. The third-order valence-corrected chi connectivity index (χ3v) is 6.94. The van der Waals surface area contributed by atoms with E-state index >= 15 is 0 Å². The maximum atomic E-state index is 12.5. The van der Waals surface area contributed by atoms with Crippen LogP contribution in [0.15, 0.2) is 36.5 Å². The van der Waals surface area contributed by atoms with Crippen LogP contribution in [0.3, 0.4) is 0 Å². The number of pyridine rings is 1. The standard InChI is InChI=1S/C27H32ClN3O3/c1-16(32)22-14-29-24-10-7-18(19-12-23(28)27(33)25(13-19)34-4)11-21(24)26(22)30-20-8-5-17(6-9-20)15-31(2)3/h7,10-14,17,20,33H,5-6,8-9,15H2,1-4H3,(H,29,30)/t17-,20-. The van der Waals surface area contributed by atoms with E-state index < -0.39 is 0 Å². The highest BCUT2D eigenvalue weighted by atomic mass is 35.5. The first kappa shape index (κ1) is 24.3. The number of methoxy groups -OCH3 is 1. The largest absolute Gasteiger partial charge is 0.503 e. The van der Waals surface area contributed by atoms with Crippen LogP contribution in [-0.4, -0.2) is 54.6 Å². The minimum atomic E-state index is -0.0820. The van der Waals surface area contributed by atoms with Gasteiger partial charge in [0.05, 0.1) is 28.9 Å². The smallest absolute Gasteiger partial charge is 0.176 e. The molecule has 34 heavy (non-hydrogen) atoms. The Kier molecular flexibility index (Phi) is 7.29. The lowest BCUT2D eigenvalue weighted by Crippen LogP contribution is -2.31. The number of fused-ring (bicyclic) bond motifs is 1. The fourth-order valence-corrected chi connectivity index (χ4v) is 5.11. The monoisotopic (exact) mass is 481 g/mol. The summed E-state index contributed by atoms with van der Waals surface area (Å²) in [4.78, 5) is 19.3. The zero-order chi connectivity index (χ0) is 24.4. The van der Waals surface area contributed by atoms with E-state index in [1.54, 1.807) is 25.3 Å². The summed E-state index contributed by atoms with van der Waals surface area (Å²) in [5.74, 6) is 0.931. The number of ether oxygens (including phenoxy) is 1. The average molecular weight is 482 g/mol. The zero-order valence-electron chi connectivity index (χ0n) is 20.2. The number of halogens is 1. The predicted molar refractivity (Wildman–Crippen MR) is 138 cm³/mol. The summed E-state index contributed by atoms with van der Waals surface area (Å²) in [6, 6.07) is 9.71. The summed E-state index contributed by atoms with van der Waals surface area (Å²) in [5, 5.41) is 14.9. The van der Waals surface area contributed by atoms with Gasteiger partial charge < -0.3 is 20.1 Å². The van der Waals surface area contributed by atoms with E-state index in [0.717, 1.165) is 53.0 Å². The quantitative estimate of drug-likeness (QED) is 0.403. The molecule has 2 aromatic carbocycles. The van der Waals surface area contributed by atoms with Crippen molar-refractivity contribution in [3.8, 4) is 22.6 Å². The number of phenols is 1. The Morgan fingerprint density at radius 2 is 1.91 bits per heavy atom. The summed E-state index contributed by atoms with van der Waals surface area (Å²) in [6.45, 7) is 2.70. The van der Waals surface area contributed by atoms with E-state index in [0.29, 0.717) is 17.4 Å². The molecule has 0 bridgehead atoms. The highest BCUT2D eigenvalue weighted by Gasteiger charge is 2.24. The molecule has 1 aliphatic rings. The average Bonchev–Trinajstić information content (AvgIpc) is 2.81. The van der Waals surface area contributed by atoms with E-state index in [2.05, 4.69) is 29.3 Å². The van der Waals surface area contributed by atoms with Gasteiger partial charge in [-0.1, -0.05) is 17.7 Å². The Labute approximate surface area is 205 Å². The molecule has 3 aromatic rings. The van der Waals surface area contributed by atoms with Crippen LogP contribution in [0.5, 0.6) is 11.5 Å². The van der Waals surface area contributed by atoms with Crippen LogP contribution in [0.25, 0.3) is 22.0 Å². The number of Topliss-reactive ketones (excluding diaryl/α,β-unsaturated/α-hetero) is 1. The van der Waals surface area contributed by atoms with E-state index in [1.807, 2.05) is 18.2 Å². The normalized spacial score (nSPS) is 18.3. The van der Waals surface area contributed by atoms with Gasteiger partial charge in [0.25, 0.3) is 0 Å². The van der Waals surface area contributed by atoms with Gasteiger partial charge in [0.1, 0.15) is 0 Å². The molecule has 1 fully saturated rings. The van der Waals surface area contributed by atoms with Crippen molar-refractivity contribution in [3.05, 3.63) is 47.1 Å². The minimum absolute atomic E-state index is 0.0158. The van der Waals surface area contributed by atoms with E-state index in [4.69, 9.17) is 16.3 Å². The molecule has 180 valence electrons. The van der Waals surface area contributed by atoms with Crippen LogP contribution in [0.2, 0.25) is 5.02 Å². The van der Waals surface area contributed by atoms with Crippen LogP contribution < -0.4 is 10.1 Å². The van der Waals surface area contributed by atoms with Gasteiger partial charge in [-0.15, -0.1) is 0 Å². The van der Waals surface area contributed by atoms with Crippen LogP contribution >= 0.6 is 11.6 Å². The molecule has 0 atom stereocenters. The summed E-state index contributed by atoms with van der Waals surface area (Å²) in [7, 11) is 5.75. The van der Waals surface area contributed by atoms with Crippen LogP contribution in [0.4, 0.5) is 5.69 Å². The van der Waals surface area contributed by atoms with E-state index in [-0.39, 0.29) is 16.6 Å². The van der Waals surface area contributed by atoms with Crippen LogP contribution in [0, 0.1) is 5.92 Å². The number of anilines is 1. The van der Waals surface area contributed by atoms with Gasteiger partial charge in [0.2, 0.25) is 0 Å². The Hall–Kier alpha value is -2.83. The molecular formula is C27H32ClN3O3. The first-order valence-electron chi connectivity index (χ1n) is 11.7. The molecule has 0 saturated heterocycles. The number of aromatic nitrogens is 1. The van der Waals surface area contributed by atoms with Crippen molar-refractivity contribution < 1.29 is 14.6 Å². The second kappa shape index (κ2) is 10.2. The molecule has 0 radical (unpaired) electrons. The van der Waals surface area contributed by atoms with E-state index in [9.17, 15) is 9.90 Å². The van der Waals surface area contributed by atoms with Gasteiger partial charge in [0.15, 0.2) is 17.3 Å². The molecule has 4 rings (SSSR count). The molecule has 1 aliphatic carbocycles. The highest BCUT2D eigenvalue weighted by molar-refractivity contribution is 6.32. The number of phenolic OH excluding ortho intramolecular Hbond substituents is 1. The van der Waals surface area contributed by atoms with Crippen molar-refractivity contribution in [3.63, 3.8) is 0 Å². The molecule has 1 aromatic heterocycles. The maximum Gasteiger partial charge on any atom is 0.176 e. The predicted octanol–water partition coefficient (Wildman–Crippen LogP) is 6.00. The van der Waals surface area contributed by atoms with Crippen molar-refractivity contribution in [2.75, 3.05) is 33.1 Å². The maximum absolute atomic E-state index is 12.5. The van der Waals surface area contributed by atoms with Gasteiger partial charge in [-0.05, 0) is 88.0 Å². The lowest BCUT2D eigenvalue weighted by Gasteiger charge is -2.32. The Morgan fingerprint density at radius 3 is 2.56 bits per heavy atom. The number of ketones is 1. The number of benzene rings is 2. The number of hydrogen-bond donors (Lipinski definition) is 2. The van der Waals surface area contributed by atoms with Gasteiger partial charge in [0, 0.05) is 24.2 Å².